The first kappa shape index (κ1) is 23.1. The van der Waals surface area contributed by atoms with Crippen LogP contribution in [-0.2, 0) is 23.9 Å². The van der Waals surface area contributed by atoms with Gasteiger partial charge in [-0.15, -0.1) is 0 Å². The van der Waals surface area contributed by atoms with Gasteiger partial charge in [-0.3, -0.25) is 20.1 Å². The highest BCUT2D eigenvalue weighted by Crippen LogP contribution is 2.16. The third-order valence-electron chi connectivity index (χ3n) is 3.99. The molecule has 2 aromatic rings. The van der Waals surface area contributed by atoms with Crippen molar-refractivity contribution in [1.29, 1.82) is 0 Å². The number of benzene rings is 1. The fraction of sp³-hybridized carbons (Fsp3) is 0.444. The molecule has 0 saturated heterocycles. The second-order valence-electron chi connectivity index (χ2n) is 6.27. The zero-order chi connectivity index (χ0) is 22.1. The summed E-state index contributed by atoms with van der Waals surface area (Å²) in [7, 11) is 0. The molecule has 2 unspecified atom stereocenters. The number of aliphatic hydroxyl groups is 1. The quantitative estimate of drug-likeness (QED) is 0.116. The molecule has 12 nitrogen and oxygen atoms in total. The molecule has 0 aliphatic rings. The molecule has 0 saturated carbocycles. The van der Waals surface area contributed by atoms with Gasteiger partial charge in [0.05, 0.1) is 24.2 Å². The largest absolute Gasteiger partial charge is 0.465 e. The number of nitrogens with two attached hydrogens (primary N) is 1. The lowest BCUT2D eigenvalue weighted by atomic mass is 10.1. The number of unbranched alkanes of at least 4 members (excludes halogenated alkanes) is 1. The van der Waals surface area contributed by atoms with E-state index in [9.17, 15) is 19.2 Å². The number of nitrogens with one attached hydrogen (secondary N) is 4. The number of carbonyl (C=O) groups is 3. The lowest BCUT2D eigenvalue weighted by molar-refractivity contribution is -0.154. The molecule has 0 fully saturated rings. The topological polar surface area (TPSA) is 189 Å². The van der Waals surface area contributed by atoms with Gasteiger partial charge in [0, 0.05) is 12.2 Å². The van der Waals surface area contributed by atoms with Crippen molar-refractivity contribution in [2.75, 3.05) is 25.1 Å². The summed E-state index contributed by atoms with van der Waals surface area (Å²) in [6.07, 6.45) is -0.382. The lowest BCUT2D eigenvalue weighted by Crippen LogP contribution is -2.44. The molecule has 0 radical (unpaired) electrons. The smallest absolute Gasteiger partial charge is 0.328 e. The second kappa shape index (κ2) is 11.1. The number of hydrogen-bond acceptors (Lipinski definition) is 8. The van der Waals surface area contributed by atoms with Crippen molar-refractivity contribution in [1.82, 2.24) is 15.3 Å². The van der Waals surface area contributed by atoms with Crippen LogP contribution >= 0.6 is 0 Å². The summed E-state index contributed by atoms with van der Waals surface area (Å²) >= 11 is 0. The summed E-state index contributed by atoms with van der Waals surface area (Å²) in [4.78, 5) is 53.7. The van der Waals surface area contributed by atoms with E-state index in [0.717, 1.165) is 0 Å². The molecule has 1 aromatic heterocycles. The maximum absolute atomic E-state index is 12.6. The van der Waals surface area contributed by atoms with Crippen molar-refractivity contribution in [3.05, 3.63) is 28.7 Å². The number of ether oxygens (including phenoxy) is 2. The summed E-state index contributed by atoms with van der Waals surface area (Å²) < 4.78 is 9.62. The third-order valence-corrected chi connectivity index (χ3v) is 3.99. The normalized spacial score (nSPS) is 12.9. The monoisotopic (exact) mass is 423 g/mol. The minimum Gasteiger partial charge on any atom is -0.465 e. The van der Waals surface area contributed by atoms with E-state index < -0.39 is 35.8 Å². The molecule has 1 aromatic carbocycles. The van der Waals surface area contributed by atoms with E-state index in [-0.39, 0.29) is 19.8 Å². The van der Waals surface area contributed by atoms with Gasteiger partial charge in [0.25, 0.3) is 0 Å². The van der Waals surface area contributed by atoms with Gasteiger partial charge in [0.1, 0.15) is 0 Å². The first-order chi connectivity index (χ1) is 14.3. The van der Waals surface area contributed by atoms with Crippen molar-refractivity contribution in [3.8, 4) is 0 Å². The van der Waals surface area contributed by atoms with Gasteiger partial charge in [0.2, 0.25) is 24.1 Å². The van der Waals surface area contributed by atoms with E-state index in [1.165, 1.54) is 12.1 Å². The SMILES string of the molecule is CCOC(=O)C(C(=O)NCCCCOC(N)O)C(=O)Nc1ccc2[nH]c(=O)[nH]c2c1. The summed E-state index contributed by atoms with van der Waals surface area (Å²) in [6, 6.07) is 4.59. The number of esters is 1. The van der Waals surface area contributed by atoms with Crippen molar-refractivity contribution in [2.45, 2.75) is 26.2 Å². The van der Waals surface area contributed by atoms with Gasteiger partial charge >= 0.3 is 11.7 Å². The number of aromatic amines is 2. The van der Waals surface area contributed by atoms with E-state index in [4.69, 9.17) is 20.3 Å². The molecule has 12 heteroatoms. The highest BCUT2D eigenvalue weighted by Gasteiger charge is 2.35. The van der Waals surface area contributed by atoms with Crippen molar-refractivity contribution < 1.29 is 29.0 Å². The first-order valence-electron chi connectivity index (χ1n) is 9.34. The molecule has 1 heterocycles. The van der Waals surface area contributed by atoms with E-state index in [1.807, 2.05) is 0 Å². The zero-order valence-corrected chi connectivity index (χ0v) is 16.4. The number of fused-ring (bicyclic) bond motifs is 1. The molecule has 7 N–H and O–H groups in total. The predicted molar refractivity (Wildman–Crippen MR) is 106 cm³/mol. The summed E-state index contributed by atoms with van der Waals surface area (Å²) in [5, 5.41) is 13.8. The Labute approximate surface area is 171 Å². The number of aromatic nitrogens is 2. The Morgan fingerprint density at radius 1 is 1.17 bits per heavy atom. The van der Waals surface area contributed by atoms with Crippen LogP contribution in [0.3, 0.4) is 0 Å². The Kier molecular flexibility index (Phi) is 8.53. The van der Waals surface area contributed by atoms with Crippen LogP contribution in [-0.4, -0.2) is 59.0 Å². The van der Waals surface area contributed by atoms with Crippen LogP contribution in [0, 0.1) is 5.92 Å². The number of aliphatic hydroxyl groups excluding tert-OH is 1. The molecule has 0 aliphatic heterocycles. The molecule has 30 heavy (non-hydrogen) atoms. The Balaban J connectivity index is 1.99. The van der Waals surface area contributed by atoms with E-state index in [1.54, 1.807) is 13.0 Å². The summed E-state index contributed by atoms with van der Waals surface area (Å²) in [5.41, 5.74) is 5.93. The van der Waals surface area contributed by atoms with E-state index >= 15 is 0 Å². The van der Waals surface area contributed by atoms with Crippen molar-refractivity contribution in [2.24, 2.45) is 11.7 Å². The van der Waals surface area contributed by atoms with Gasteiger partial charge < -0.3 is 35.2 Å². The minimum atomic E-state index is -1.70. The first-order valence-corrected chi connectivity index (χ1v) is 9.34. The van der Waals surface area contributed by atoms with Gasteiger partial charge in [-0.05, 0) is 38.0 Å². The average molecular weight is 423 g/mol. The minimum absolute atomic E-state index is 0.00515. The number of imidazole rings is 1. The van der Waals surface area contributed by atoms with E-state index in [0.29, 0.717) is 29.6 Å². The highest BCUT2D eigenvalue weighted by atomic mass is 16.6. The Morgan fingerprint density at radius 2 is 1.90 bits per heavy atom. The average Bonchev–Trinajstić information content (AvgIpc) is 3.04. The molecule has 0 spiro atoms. The van der Waals surface area contributed by atoms with Crippen molar-refractivity contribution >= 4 is 34.5 Å². The fourth-order valence-corrected chi connectivity index (χ4v) is 2.63. The van der Waals surface area contributed by atoms with Gasteiger partial charge in [-0.25, -0.2) is 4.79 Å². The van der Waals surface area contributed by atoms with Gasteiger partial charge in [-0.2, -0.15) is 0 Å². The number of amides is 2. The van der Waals surface area contributed by atoms with E-state index in [2.05, 4.69) is 20.6 Å². The molecular formula is C18H25N5O7. The number of rotatable bonds is 11. The number of H-pyrrole nitrogens is 2. The Bertz CT molecular complexity index is 936. The summed E-state index contributed by atoms with van der Waals surface area (Å²) in [6.45, 7) is 1.94. The summed E-state index contributed by atoms with van der Waals surface area (Å²) in [5.74, 6) is -4.34. The van der Waals surface area contributed by atoms with Crippen LogP contribution in [0.2, 0.25) is 0 Å². The molecule has 2 amide bonds. The second-order valence-corrected chi connectivity index (χ2v) is 6.27. The molecular weight excluding hydrogens is 398 g/mol. The molecule has 164 valence electrons. The standard InChI is InChI=1S/C18H25N5O7/c1-2-29-16(26)13(14(24)20-7-3-4-8-30-17(19)27)15(25)21-10-5-6-11-12(9-10)23-18(28)22-11/h5-6,9,13,17,27H,2-4,7-8,19H2,1H3,(H,20,24)(H,21,25)(H2,22,23,28). The lowest BCUT2D eigenvalue weighted by Gasteiger charge is -2.16. The van der Waals surface area contributed by atoms with Crippen LogP contribution < -0.4 is 22.1 Å². The number of anilines is 1. The Morgan fingerprint density at radius 3 is 2.60 bits per heavy atom. The van der Waals surface area contributed by atoms with Crippen LogP contribution in [0.25, 0.3) is 11.0 Å². The van der Waals surface area contributed by atoms with Crippen LogP contribution in [0.5, 0.6) is 0 Å². The third kappa shape index (κ3) is 6.69. The molecule has 0 bridgehead atoms. The van der Waals surface area contributed by atoms with Crippen molar-refractivity contribution in [3.63, 3.8) is 0 Å². The maximum Gasteiger partial charge on any atom is 0.328 e. The maximum atomic E-state index is 12.6. The predicted octanol–water partition coefficient (Wildman–Crippen LogP) is -0.878. The van der Waals surface area contributed by atoms with Gasteiger partial charge in [-0.1, -0.05) is 0 Å². The number of hydrogen-bond donors (Lipinski definition) is 6. The molecule has 2 atom stereocenters. The molecule has 2 rings (SSSR count). The van der Waals surface area contributed by atoms with Crippen LogP contribution in [0.4, 0.5) is 5.69 Å². The van der Waals surface area contributed by atoms with Crippen LogP contribution in [0.15, 0.2) is 23.0 Å². The zero-order valence-electron chi connectivity index (χ0n) is 16.4. The highest BCUT2D eigenvalue weighted by molar-refractivity contribution is 6.19. The van der Waals surface area contributed by atoms with Crippen LogP contribution in [0.1, 0.15) is 19.8 Å². The number of carbonyl (C=O) groups excluding carboxylic acids is 3. The van der Waals surface area contributed by atoms with Gasteiger partial charge in [0.15, 0.2) is 0 Å². The Hall–Kier alpha value is -3.22. The fourth-order valence-electron chi connectivity index (χ4n) is 2.63. The molecule has 0 aliphatic carbocycles.